The molecular formula is C22H20N4O3. The lowest BCUT2D eigenvalue weighted by atomic mass is 10.2. The molecular weight excluding hydrogens is 368 g/mol. The smallest absolute Gasteiger partial charge is 0.411 e. The SMILES string of the molecule is Nc1ccccc1NC(=O)/C=C/c1ccc(NC(=O)OCc2cccnc2)cc1. The van der Waals surface area contributed by atoms with Crippen LogP contribution in [0.4, 0.5) is 21.9 Å². The van der Waals surface area contributed by atoms with Crippen LogP contribution in [0.2, 0.25) is 0 Å². The lowest BCUT2D eigenvalue weighted by Gasteiger charge is -2.07. The number of anilines is 3. The van der Waals surface area contributed by atoms with Crippen LogP contribution < -0.4 is 16.4 Å². The van der Waals surface area contributed by atoms with Crippen LogP contribution in [-0.4, -0.2) is 17.0 Å². The summed E-state index contributed by atoms with van der Waals surface area (Å²) in [5, 5.41) is 5.36. The molecule has 0 aliphatic rings. The van der Waals surface area contributed by atoms with Gasteiger partial charge in [-0.3, -0.25) is 15.1 Å². The van der Waals surface area contributed by atoms with Crippen molar-refractivity contribution in [2.24, 2.45) is 0 Å². The number of nitrogens with one attached hydrogen (secondary N) is 2. The van der Waals surface area contributed by atoms with Crippen LogP contribution in [0.5, 0.6) is 0 Å². The fourth-order valence-electron chi connectivity index (χ4n) is 2.42. The highest BCUT2D eigenvalue weighted by molar-refractivity contribution is 6.03. The standard InChI is InChI=1S/C22H20N4O3/c23-19-5-1-2-6-20(19)26-21(27)12-9-16-7-10-18(11-8-16)25-22(28)29-15-17-4-3-13-24-14-17/h1-14H,15,23H2,(H,25,28)(H,26,27)/b12-9+. The molecule has 0 unspecified atom stereocenters. The second-order valence-electron chi connectivity index (χ2n) is 6.09. The number of carbonyl (C=O) groups excluding carboxylic acids is 2. The molecule has 146 valence electrons. The van der Waals surface area contributed by atoms with Gasteiger partial charge in [-0.15, -0.1) is 0 Å². The fraction of sp³-hybridized carbons (Fsp3) is 0.0455. The van der Waals surface area contributed by atoms with Crippen molar-refractivity contribution in [3.63, 3.8) is 0 Å². The molecule has 0 saturated carbocycles. The predicted octanol–water partition coefficient (Wildman–Crippen LogP) is 4.06. The molecule has 0 atom stereocenters. The summed E-state index contributed by atoms with van der Waals surface area (Å²) in [4.78, 5) is 27.8. The van der Waals surface area contributed by atoms with E-state index in [1.54, 1.807) is 73.1 Å². The summed E-state index contributed by atoms with van der Waals surface area (Å²) in [5.74, 6) is -0.288. The molecule has 0 bridgehead atoms. The highest BCUT2D eigenvalue weighted by Gasteiger charge is 2.04. The van der Waals surface area contributed by atoms with Gasteiger partial charge >= 0.3 is 6.09 Å². The van der Waals surface area contributed by atoms with Crippen LogP contribution in [-0.2, 0) is 16.1 Å². The highest BCUT2D eigenvalue weighted by Crippen LogP contribution is 2.17. The molecule has 0 fully saturated rings. The first-order chi connectivity index (χ1) is 14.1. The Morgan fingerprint density at radius 3 is 2.52 bits per heavy atom. The van der Waals surface area contributed by atoms with E-state index in [1.165, 1.54) is 6.08 Å². The Morgan fingerprint density at radius 2 is 1.79 bits per heavy atom. The number of para-hydroxylation sites is 2. The Morgan fingerprint density at radius 1 is 1.00 bits per heavy atom. The summed E-state index contributed by atoms with van der Waals surface area (Å²) in [6, 6.07) is 17.6. The van der Waals surface area contributed by atoms with Crippen LogP contribution in [0, 0.1) is 0 Å². The maximum atomic E-state index is 12.0. The number of benzene rings is 2. The third kappa shape index (κ3) is 6.21. The number of amides is 2. The highest BCUT2D eigenvalue weighted by atomic mass is 16.5. The minimum Gasteiger partial charge on any atom is -0.444 e. The number of nitrogens with zero attached hydrogens (tertiary/aromatic N) is 1. The van der Waals surface area contributed by atoms with Gasteiger partial charge in [-0.25, -0.2) is 4.79 Å². The Kier molecular flexibility index (Phi) is 6.57. The Labute approximate surface area is 168 Å². The second kappa shape index (κ2) is 9.70. The van der Waals surface area contributed by atoms with Crippen LogP contribution in [0.15, 0.2) is 79.1 Å². The van der Waals surface area contributed by atoms with Crippen LogP contribution in [0.3, 0.4) is 0 Å². The van der Waals surface area contributed by atoms with Gasteiger partial charge in [0.2, 0.25) is 5.91 Å². The van der Waals surface area contributed by atoms with Gasteiger partial charge in [0.1, 0.15) is 6.61 Å². The molecule has 1 heterocycles. The zero-order chi connectivity index (χ0) is 20.5. The fourth-order valence-corrected chi connectivity index (χ4v) is 2.42. The number of pyridine rings is 1. The Hall–Kier alpha value is -4.13. The summed E-state index contributed by atoms with van der Waals surface area (Å²) in [7, 11) is 0. The second-order valence-corrected chi connectivity index (χ2v) is 6.09. The zero-order valence-corrected chi connectivity index (χ0v) is 15.5. The van der Waals surface area contributed by atoms with E-state index in [9.17, 15) is 9.59 Å². The maximum absolute atomic E-state index is 12.0. The van der Waals surface area contributed by atoms with Gasteiger partial charge in [-0.1, -0.05) is 30.3 Å². The average Bonchev–Trinajstić information content (AvgIpc) is 2.74. The first-order valence-corrected chi connectivity index (χ1v) is 8.86. The number of nitrogen functional groups attached to an aromatic ring is 1. The van der Waals surface area contributed by atoms with Gasteiger partial charge in [-0.05, 0) is 42.0 Å². The molecule has 0 radical (unpaired) electrons. The molecule has 2 aromatic carbocycles. The molecule has 7 nitrogen and oxygen atoms in total. The van der Waals surface area contributed by atoms with Crippen molar-refractivity contribution in [3.05, 3.63) is 90.3 Å². The molecule has 0 aliphatic heterocycles. The summed E-state index contributed by atoms with van der Waals surface area (Å²) in [6.07, 6.45) is 5.81. The van der Waals surface area contributed by atoms with Crippen molar-refractivity contribution in [1.82, 2.24) is 4.98 Å². The van der Waals surface area contributed by atoms with E-state index in [1.807, 2.05) is 6.07 Å². The van der Waals surface area contributed by atoms with Crippen molar-refractivity contribution in [1.29, 1.82) is 0 Å². The molecule has 29 heavy (non-hydrogen) atoms. The van der Waals surface area contributed by atoms with E-state index >= 15 is 0 Å². The summed E-state index contributed by atoms with van der Waals surface area (Å²) < 4.78 is 5.14. The van der Waals surface area contributed by atoms with Crippen LogP contribution in [0.1, 0.15) is 11.1 Å². The largest absolute Gasteiger partial charge is 0.444 e. The lowest BCUT2D eigenvalue weighted by Crippen LogP contribution is -2.13. The monoisotopic (exact) mass is 388 g/mol. The predicted molar refractivity (Wildman–Crippen MR) is 113 cm³/mol. The molecule has 3 rings (SSSR count). The maximum Gasteiger partial charge on any atom is 0.411 e. The molecule has 3 aromatic rings. The summed E-state index contributed by atoms with van der Waals surface area (Å²) in [6.45, 7) is 0.140. The van der Waals surface area contributed by atoms with Gasteiger partial charge in [0, 0.05) is 29.7 Å². The van der Waals surface area contributed by atoms with E-state index in [4.69, 9.17) is 10.5 Å². The van der Waals surface area contributed by atoms with Crippen molar-refractivity contribution < 1.29 is 14.3 Å². The molecule has 7 heteroatoms. The number of nitrogens with two attached hydrogens (primary N) is 1. The third-order valence-corrected chi connectivity index (χ3v) is 3.90. The number of hydrogen-bond acceptors (Lipinski definition) is 5. The average molecular weight is 388 g/mol. The minimum absolute atomic E-state index is 0.140. The van der Waals surface area contributed by atoms with Gasteiger partial charge in [0.25, 0.3) is 0 Å². The number of hydrogen-bond donors (Lipinski definition) is 3. The number of rotatable bonds is 6. The number of carbonyl (C=O) groups is 2. The quantitative estimate of drug-likeness (QED) is 0.436. The van der Waals surface area contributed by atoms with Gasteiger partial charge in [0.05, 0.1) is 11.4 Å². The minimum atomic E-state index is -0.558. The van der Waals surface area contributed by atoms with E-state index in [0.717, 1.165) is 11.1 Å². The van der Waals surface area contributed by atoms with Gasteiger partial charge < -0.3 is 15.8 Å². The summed E-state index contributed by atoms with van der Waals surface area (Å²) >= 11 is 0. The van der Waals surface area contributed by atoms with Gasteiger partial charge in [0.15, 0.2) is 0 Å². The molecule has 0 spiro atoms. The van der Waals surface area contributed by atoms with Crippen LogP contribution >= 0.6 is 0 Å². The first kappa shape index (κ1) is 19.6. The summed E-state index contributed by atoms with van der Waals surface area (Å²) in [5.41, 5.74) is 9.05. The molecule has 2 amide bonds. The van der Waals surface area contributed by atoms with Gasteiger partial charge in [-0.2, -0.15) is 0 Å². The Bertz CT molecular complexity index is 1000. The van der Waals surface area contributed by atoms with Crippen molar-refractivity contribution in [2.75, 3.05) is 16.4 Å². The molecule has 0 aliphatic carbocycles. The topological polar surface area (TPSA) is 106 Å². The molecule has 1 aromatic heterocycles. The number of ether oxygens (including phenoxy) is 1. The number of aromatic nitrogens is 1. The van der Waals surface area contributed by atoms with Crippen molar-refractivity contribution in [3.8, 4) is 0 Å². The van der Waals surface area contributed by atoms with Crippen molar-refractivity contribution >= 4 is 35.1 Å². The first-order valence-electron chi connectivity index (χ1n) is 8.86. The van der Waals surface area contributed by atoms with E-state index < -0.39 is 6.09 Å². The van der Waals surface area contributed by atoms with Crippen molar-refractivity contribution in [2.45, 2.75) is 6.61 Å². The molecule has 4 N–H and O–H groups in total. The van der Waals surface area contributed by atoms with E-state index in [2.05, 4.69) is 15.6 Å². The lowest BCUT2D eigenvalue weighted by molar-refractivity contribution is -0.111. The zero-order valence-electron chi connectivity index (χ0n) is 15.5. The third-order valence-electron chi connectivity index (χ3n) is 3.90. The van der Waals surface area contributed by atoms with Crippen LogP contribution in [0.25, 0.3) is 6.08 Å². The normalized spacial score (nSPS) is 10.5. The molecule has 0 saturated heterocycles. The van der Waals surface area contributed by atoms with E-state index in [-0.39, 0.29) is 12.5 Å². The van der Waals surface area contributed by atoms with E-state index in [0.29, 0.717) is 17.1 Å². The Balaban J connectivity index is 1.49.